The molecular formula is C14H18BrNO4. The van der Waals surface area contributed by atoms with E-state index in [1.807, 2.05) is 24.3 Å². The van der Waals surface area contributed by atoms with E-state index in [2.05, 4.69) is 20.7 Å². The van der Waals surface area contributed by atoms with Crippen LogP contribution in [0.1, 0.15) is 26.3 Å². The number of esters is 1. The molecule has 110 valence electrons. The fourth-order valence-corrected chi connectivity index (χ4v) is 1.65. The quantitative estimate of drug-likeness (QED) is 0.674. The third-order valence-corrected chi connectivity index (χ3v) is 2.77. The third kappa shape index (κ3) is 6.16. The van der Waals surface area contributed by atoms with Crippen LogP contribution in [0, 0.1) is 0 Å². The van der Waals surface area contributed by atoms with Gasteiger partial charge in [-0.25, -0.2) is 9.59 Å². The Bertz CT molecular complexity index is 479. The van der Waals surface area contributed by atoms with Crippen molar-refractivity contribution in [1.82, 2.24) is 0 Å². The molecule has 6 heteroatoms. The first-order valence-corrected chi connectivity index (χ1v) is 6.91. The molecule has 1 aromatic rings. The van der Waals surface area contributed by atoms with Gasteiger partial charge >= 0.3 is 12.1 Å². The highest BCUT2D eigenvalue weighted by atomic mass is 79.9. The number of carbonyl (C=O) groups is 2. The Kier molecular flexibility index (Phi) is 5.71. The maximum atomic E-state index is 11.7. The number of nitrogens with two attached hydrogens (primary N) is 1. The van der Waals surface area contributed by atoms with Gasteiger partial charge in [0, 0.05) is 4.47 Å². The minimum Gasteiger partial charge on any atom is -0.428 e. The van der Waals surface area contributed by atoms with Gasteiger partial charge in [-0.2, -0.15) is 0 Å². The van der Waals surface area contributed by atoms with E-state index >= 15 is 0 Å². The molecule has 1 atom stereocenters. The maximum absolute atomic E-state index is 11.7. The molecule has 1 aromatic carbocycles. The molecule has 0 amide bonds. The van der Waals surface area contributed by atoms with Crippen LogP contribution in [0.3, 0.4) is 0 Å². The van der Waals surface area contributed by atoms with Crippen molar-refractivity contribution in [1.29, 1.82) is 0 Å². The average Bonchev–Trinajstić information content (AvgIpc) is 2.29. The SMILES string of the molecule is CC(C)(C)OC(=O)OC(=O)[C@@H](N)Cc1ccc(Br)cc1. The first-order valence-electron chi connectivity index (χ1n) is 6.12. The summed E-state index contributed by atoms with van der Waals surface area (Å²) in [6.45, 7) is 5.04. The van der Waals surface area contributed by atoms with Crippen molar-refractivity contribution in [3.8, 4) is 0 Å². The lowest BCUT2D eigenvalue weighted by atomic mass is 10.1. The van der Waals surface area contributed by atoms with Gasteiger partial charge < -0.3 is 15.2 Å². The standard InChI is InChI=1S/C14H18BrNO4/c1-14(2,3)20-13(18)19-12(17)11(16)8-9-4-6-10(15)7-5-9/h4-7,11H,8,16H2,1-3H3/t11-/m0/s1. The van der Waals surface area contributed by atoms with Crippen molar-refractivity contribution in [2.75, 3.05) is 0 Å². The summed E-state index contributed by atoms with van der Waals surface area (Å²) in [7, 11) is 0. The number of hydrogen-bond acceptors (Lipinski definition) is 5. The Morgan fingerprint density at radius 1 is 1.25 bits per heavy atom. The zero-order valence-electron chi connectivity index (χ0n) is 11.7. The Balaban J connectivity index is 2.51. The normalized spacial score (nSPS) is 12.7. The summed E-state index contributed by atoms with van der Waals surface area (Å²) in [4.78, 5) is 23.0. The molecule has 0 unspecified atom stereocenters. The van der Waals surface area contributed by atoms with Crippen molar-refractivity contribution in [3.05, 3.63) is 34.3 Å². The van der Waals surface area contributed by atoms with Crippen molar-refractivity contribution in [2.24, 2.45) is 5.73 Å². The van der Waals surface area contributed by atoms with Gasteiger partial charge in [0.1, 0.15) is 11.6 Å². The molecule has 0 saturated carbocycles. The number of ether oxygens (including phenoxy) is 2. The first kappa shape index (κ1) is 16.7. The predicted octanol–water partition coefficient (Wildman–Crippen LogP) is 2.80. The largest absolute Gasteiger partial charge is 0.516 e. The van der Waals surface area contributed by atoms with Crippen LogP contribution in [0.5, 0.6) is 0 Å². The lowest BCUT2D eigenvalue weighted by molar-refractivity contribution is -0.142. The fourth-order valence-electron chi connectivity index (χ4n) is 1.39. The van der Waals surface area contributed by atoms with Gasteiger partial charge in [0.05, 0.1) is 0 Å². The minimum absolute atomic E-state index is 0.287. The summed E-state index contributed by atoms with van der Waals surface area (Å²) in [5.41, 5.74) is 5.87. The highest BCUT2D eigenvalue weighted by Crippen LogP contribution is 2.12. The molecule has 5 nitrogen and oxygen atoms in total. The van der Waals surface area contributed by atoms with E-state index in [1.54, 1.807) is 20.8 Å². The van der Waals surface area contributed by atoms with Gasteiger partial charge in [0.25, 0.3) is 0 Å². The van der Waals surface area contributed by atoms with Gasteiger partial charge in [-0.1, -0.05) is 28.1 Å². The summed E-state index contributed by atoms with van der Waals surface area (Å²) in [6.07, 6.45) is -0.747. The highest BCUT2D eigenvalue weighted by molar-refractivity contribution is 9.10. The smallest absolute Gasteiger partial charge is 0.428 e. The van der Waals surface area contributed by atoms with E-state index in [9.17, 15) is 9.59 Å². The average molecular weight is 344 g/mol. The third-order valence-electron chi connectivity index (χ3n) is 2.25. The lowest BCUT2D eigenvalue weighted by Crippen LogP contribution is -2.37. The molecular weight excluding hydrogens is 326 g/mol. The Labute approximate surface area is 126 Å². The molecule has 0 aliphatic rings. The first-order chi connectivity index (χ1) is 9.17. The van der Waals surface area contributed by atoms with Crippen LogP contribution < -0.4 is 5.73 Å². The number of rotatable bonds is 3. The lowest BCUT2D eigenvalue weighted by Gasteiger charge is -2.19. The van der Waals surface area contributed by atoms with Crippen molar-refractivity contribution in [3.63, 3.8) is 0 Å². The van der Waals surface area contributed by atoms with E-state index in [0.29, 0.717) is 0 Å². The van der Waals surface area contributed by atoms with Gasteiger partial charge in [0.15, 0.2) is 0 Å². The number of hydrogen-bond donors (Lipinski definition) is 1. The van der Waals surface area contributed by atoms with E-state index in [-0.39, 0.29) is 6.42 Å². The van der Waals surface area contributed by atoms with Crippen LogP contribution in [0.15, 0.2) is 28.7 Å². The van der Waals surface area contributed by atoms with Crippen molar-refractivity contribution >= 4 is 28.1 Å². The van der Waals surface area contributed by atoms with Gasteiger partial charge in [-0.15, -0.1) is 0 Å². The van der Waals surface area contributed by atoms with Gasteiger partial charge in [-0.05, 0) is 44.9 Å². The molecule has 0 heterocycles. The Morgan fingerprint density at radius 2 is 1.80 bits per heavy atom. The second-order valence-corrected chi connectivity index (χ2v) is 6.24. The fraction of sp³-hybridized carbons (Fsp3) is 0.429. The molecule has 0 bridgehead atoms. The van der Waals surface area contributed by atoms with Crippen LogP contribution in [0.2, 0.25) is 0 Å². The van der Waals surface area contributed by atoms with Crippen LogP contribution >= 0.6 is 15.9 Å². The molecule has 0 fully saturated rings. The Hall–Kier alpha value is -1.40. The molecule has 0 saturated heterocycles. The molecule has 0 radical (unpaired) electrons. The molecule has 0 aliphatic heterocycles. The zero-order valence-corrected chi connectivity index (χ0v) is 13.3. The van der Waals surface area contributed by atoms with E-state index < -0.39 is 23.8 Å². The summed E-state index contributed by atoms with van der Waals surface area (Å²) < 4.78 is 10.4. The molecule has 0 aromatic heterocycles. The second-order valence-electron chi connectivity index (χ2n) is 5.32. The molecule has 0 aliphatic carbocycles. The summed E-state index contributed by atoms with van der Waals surface area (Å²) >= 11 is 3.32. The molecule has 1 rings (SSSR count). The molecule has 20 heavy (non-hydrogen) atoms. The topological polar surface area (TPSA) is 78.6 Å². The monoisotopic (exact) mass is 343 g/mol. The van der Waals surface area contributed by atoms with E-state index in [1.165, 1.54) is 0 Å². The predicted molar refractivity (Wildman–Crippen MR) is 78.1 cm³/mol. The summed E-state index contributed by atoms with van der Waals surface area (Å²) in [6, 6.07) is 6.46. The van der Waals surface area contributed by atoms with E-state index in [4.69, 9.17) is 10.5 Å². The van der Waals surface area contributed by atoms with Crippen LogP contribution in [0.4, 0.5) is 4.79 Å². The zero-order chi connectivity index (χ0) is 15.3. The van der Waals surface area contributed by atoms with Crippen molar-refractivity contribution < 1.29 is 19.1 Å². The van der Waals surface area contributed by atoms with Crippen LogP contribution in [-0.4, -0.2) is 23.8 Å². The summed E-state index contributed by atoms with van der Waals surface area (Å²) in [5.74, 6) is -0.804. The second kappa shape index (κ2) is 6.85. The summed E-state index contributed by atoms with van der Waals surface area (Å²) in [5, 5.41) is 0. The van der Waals surface area contributed by atoms with E-state index in [0.717, 1.165) is 10.0 Å². The molecule has 0 spiro atoms. The Morgan fingerprint density at radius 3 is 2.30 bits per heavy atom. The van der Waals surface area contributed by atoms with Crippen molar-refractivity contribution in [2.45, 2.75) is 38.8 Å². The highest BCUT2D eigenvalue weighted by Gasteiger charge is 2.23. The number of benzene rings is 1. The minimum atomic E-state index is -1.03. The maximum Gasteiger partial charge on any atom is 0.516 e. The number of carbonyl (C=O) groups excluding carboxylic acids is 2. The van der Waals surface area contributed by atoms with Gasteiger partial charge in [0.2, 0.25) is 0 Å². The van der Waals surface area contributed by atoms with Crippen LogP contribution in [-0.2, 0) is 20.7 Å². The van der Waals surface area contributed by atoms with Crippen LogP contribution in [0.25, 0.3) is 0 Å². The molecule has 2 N–H and O–H groups in total. The van der Waals surface area contributed by atoms with Gasteiger partial charge in [-0.3, -0.25) is 0 Å². The number of halogens is 1.